The standard InChI is InChI=1S/C29H55N3O/c1-4-6-7-8-9-10-11-12-13-14-15-16-17-18-19-20-21-22-23-29-31-25-27-32(29,5-2)26-24-30-28(3)33/h21-22H,4-20,23-27H2,1-3H3/p+1/b22-21+. The van der Waals surface area contributed by atoms with Gasteiger partial charge in [0, 0.05) is 6.92 Å². The Morgan fingerprint density at radius 2 is 1.39 bits per heavy atom. The summed E-state index contributed by atoms with van der Waals surface area (Å²) in [6.07, 6.45) is 28.2. The van der Waals surface area contributed by atoms with E-state index in [1.807, 2.05) is 0 Å². The smallest absolute Gasteiger partial charge is 0.217 e. The van der Waals surface area contributed by atoms with Gasteiger partial charge in [0.25, 0.3) is 0 Å². The van der Waals surface area contributed by atoms with Gasteiger partial charge < -0.3 is 5.32 Å². The lowest BCUT2D eigenvalue weighted by molar-refractivity contribution is -0.832. The molecule has 192 valence electrons. The first-order valence-corrected chi connectivity index (χ1v) is 14.4. The Hall–Kier alpha value is -1.16. The average Bonchev–Trinajstić information content (AvgIpc) is 3.21. The van der Waals surface area contributed by atoms with E-state index < -0.39 is 0 Å². The summed E-state index contributed by atoms with van der Waals surface area (Å²) in [6, 6.07) is 0. The van der Waals surface area contributed by atoms with Crippen LogP contribution in [0.4, 0.5) is 0 Å². The van der Waals surface area contributed by atoms with Crippen LogP contribution in [0.1, 0.15) is 130 Å². The van der Waals surface area contributed by atoms with Crippen LogP contribution in [-0.2, 0) is 4.79 Å². The molecular weight excluding hydrogens is 406 g/mol. The highest BCUT2D eigenvalue weighted by Gasteiger charge is 2.35. The molecule has 0 aliphatic carbocycles. The van der Waals surface area contributed by atoms with E-state index in [4.69, 9.17) is 4.99 Å². The molecule has 0 aromatic rings. The molecule has 0 aromatic carbocycles. The SMILES string of the molecule is CCCCCCCCCCCCCCCCC/C=C/CC1=NCC[N+]1(CC)CCNC(C)=O. The van der Waals surface area contributed by atoms with Gasteiger partial charge in [-0.2, -0.15) is 0 Å². The zero-order chi connectivity index (χ0) is 24.0. The number of amides is 1. The molecule has 4 nitrogen and oxygen atoms in total. The maximum absolute atomic E-state index is 11.2. The van der Waals surface area contributed by atoms with Crippen LogP contribution in [-0.4, -0.2) is 48.9 Å². The minimum absolute atomic E-state index is 0.0605. The van der Waals surface area contributed by atoms with Gasteiger partial charge in [-0.15, -0.1) is 0 Å². The first-order chi connectivity index (χ1) is 16.1. The second-order valence-electron chi connectivity index (χ2n) is 10.1. The van der Waals surface area contributed by atoms with E-state index in [0.29, 0.717) is 0 Å². The molecule has 4 heteroatoms. The number of rotatable bonds is 22. The highest BCUT2D eigenvalue weighted by molar-refractivity contribution is 5.78. The normalized spacial score (nSPS) is 18.2. The van der Waals surface area contributed by atoms with Crippen LogP contribution >= 0.6 is 0 Å². The third-order valence-corrected chi connectivity index (χ3v) is 7.33. The Labute approximate surface area is 206 Å². The summed E-state index contributed by atoms with van der Waals surface area (Å²) < 4.78 is 0.948. The lowest BCUT2D eigenvalue weighted by Gasteiger charge is -2.33. The van der Waals surface area contributed by atoms with Gasteiger partial charge in [0.05, 0.1) is 26.1 Å². The predicted molar refractivity (Wildman–Crippen MR) is 145 cm³/mol. The maximum atomic E-state index is 11.2. The summed E-state index contributed by atoms with van der Waals surface area (Å²) >= 11 is 0. The molecule has 1 atom stereocenters. The lowest BCUT2D eigenvalue weighted by atomic mass is 10.0. The number of amidine groups is 1. The second kappa shape index (κ2) is 20.2. The average molecular weight is 463 g/mol. The number of likely N-dealkylation sites (N-methyl/N-ethyl adjacent to an activating group) is 1. The van der Waals surface area contributed by atoms with E-state index in [0.717, 1.165) is 43.6 Å². The van der Waals surface area contributed by atoms with Gasteiger partial charge >= 0.3 is 0 Å². The minimum Gasteiger partial charge on any atom is -0.351 e. The molecular formula is C29H56N3O+. The first kappa shape index (κ1) is 29.9. The number of nitrogens with zero attached hydrogens (tertiary/aromatic N) is 2. The van der Waals surface area contributed by atoms with E-state index in [9.17, 15) is 4.79 Å². The molecule has 0 fully saturated rings. The Morgan fingerprint density at radius 3 is 1.91 bits per heavy atom. The van der Waals surface area contributed by atoms with Crippen LogP contribution in [0.25, 0.3) is 0 Å². The quantitative estimate of drug-likeness (QED) is 0.101. The monoisotopic (exact) mass is 462 g/mol. The fourth-order valence-electron chi connectivity index (χ4n) is 5.03. The van der Waals surface area contributed by atoms with Crippen LogP contribution in [0.15, 0.2) is 17.1 Å². The summed E-state index contributed by atoms with van der Waals surface area (Å²) in [7, 11) is 0. The van der Waals surface area contributed by atoms with Gasteiger partial charge in [0.2, 0.25) is 11.7 Å². The van der Waals surface area contributed by atoms with Crippen molar-refractivity contribution in [3.63, 3.8) is 0 Å². The van der Waals surface area contributed by atoms with E-state index >= 15 is 0 Å². The summed E-state index contributed by atoms with van der Waals surface area (Å²) in [5.41, 5.74) is 0. The van der Waals surface area contributed by atoms with E-state index in [1.54, 1.807) is 6.92 Å². The van der Waals surface area contributed by atoms with Gasteiger partial charge in [0.1, 0.15) is 13.1 Å². The summed E-state index contributed by atoms with van der Waals surface area (Å²) in [4.78, 5) is 16.0. The largest absolute Gasteiger partial charge is 0.351 e. The van der Waals surface area contributed by atoms with Crippen LogP contribution in [0, 0.1) is 0 Å². The van der Waals surface area contributed by atoms with Gasteiger partial charge in [-0.05, 0) is 19.8 Å². The van der Waals surface area contributed by atoms with Crippen molar-refractivity contribution in [2.75, 3.05) is 32.7 Å². The van der Waals surface area contributed by atoms with E-state index in [-0.39, 0.29) is 5.91 Å². The molecule has 0 bridgehead atoms. The number of hydrogen-bond acceptors (Lipinski definition) is 2. The van der Waals surface area contributed by atoms with Crippen molar-refractivity contribution in [3.8, 4) is 0 Å². The van der Waals surface area contributed by atoms with Crippen LogP contribution < -0.4 is 5.32 Å². The van der Waals surface area contributed by atoms with Crippen molar-refractivity contribution >= 4 is 11.7 Å². The molecule has 0 radical (unpaired) electrons. The second-order valence-corrected chi connectivity index (χ2v) is 10.1. The number of hydrogen-bond donors (Lipinski definition) is 1. The van der Waals surface area contributed by atoms with Crippen LogP contribution in [0.2, 0.25) is 0 Å². The summed E-state index contributed by atoms with van der Waals surface area (Å²) in [5.74, 6) is 1.36. The third kappa shape index (κ3) is 14.7. The van der Waals surface area contributed by atoms with Crippen molar-refractivity contribution in [2.24, 2.45) is 4.99 Å². The highest BCUT2D eigenvalue weighted by atomic mass is 16.1. The number of aliphatic imine (C=N–C) groups is 1. The Kier molecular flexibility index (Phi) is 18.3. The molecule has 0 aromatic heterocycles. The number of quaternary nitrogens is 1. The zero-order valence-corrected chi connectivity index (χ0v) is 22.5. The molecule has 33 heavy (non-hydrogen) atoms. The maximum Gasteiger partial charge on any atom is 0.217 e. The van der Waals surface area contributed by atoms with Crippen LogP contribution in [0.3, 0.4) is 0 Å². The Bertz CT molecular complexity index is 543. The minimum atomic E-state index is 0.0605. The first-order valence-electron chi connectivity index (χ1n) is 14.4. The topological polar surface area (TPSA) is 41.5 Å². The van der Waals surface area contributed by atoms with Crippen molar-refractivity contribution in [1.82, 2.24) is 5.32 Å². The number of carbonyl (C=O) groups is 1. The van der Waals surface area contributed by atoms with E-state index in [2.05, 4.69) is 31.3 Å². The fraction of sp³-hybridized carbons (Fsp3) is 0.862. The van der Waals surface area contributed by atoms with Gasteiger partial charge in [0.15, 0.2) is 0 Å². The fourth-order valence-corrected chi connectivity index (χ4v) is 5.03. The predicted octanol–water partition coefficient (Wildman–Crippen LogP) is 7.58. The van der Waals surface area contributed by atoms with Crippen molar-refractivity contribution in [3.05, 3.63) is 12.2 Å². The molecule has 0 spiro atoms. The molecule has 1 unspecified atom stereocenters. The molecule has 1 amide bonds. The molecule has 1 rings (SSSR count). The molecule has 1 aliphatic heterocycles. The molecule has 1 N–H and O–H groups in total. The molecule has 0 saturated heterocycles. The summed E-state index contributed by atoms with van der Waals surface area (Å²) in [6.45, 7) is 10.9. The van der Waals surface area contributed by atoms with Gasteiger partial charge in [-0.25, -0.2) is 4.99 Å². The lowest BCUT2D eigenvalue weighted by Crippen LogP contribution is -2.53. The van der Waals surface area contributed by atoms with E-state index in [1.165, 1.54) is 109 Å². The number of carbonyl (C=O) groups excluding carboxylic acids is 1. The molecule has 0 saturated carbocycles. The van der Waals surface area contributed by atoms with Gasteiger partial charge in [-0.1, -0.05) is 109 Å². The molecule has 1 heterocycles. The zero-order valence-electron chi connectivity index (χ0n) is 22.5. The molecule has 1 aliphatic rings. The number of allylic oxidation sites excluding steroid dienone is 1. The number of nitrogens with one attached hydrogen (secondary N) is 1. The van der Waals surface area contributed by atoms with Crippen LogP contribution in [0.5, 0.6) is 0 Å². The Balaban J connectivity index is 1.96. The van der Waals surface area contributed by atoms with Crippen molar-refractivity contribution in [1.29, 1.82) is 0 Å². The summed E-state index contributed by atoms with van der Waals surface area (Å²) in [5, 5.41) is 2.95. The van der Waals surface area contributed by atoms with Crippen molar-refractivity contribution in [2.45, 2.75) is 130 Å². The van der Waals surface area contributed by atoms with Crippen molar-refractivity contribution < 1.29 is 9.28 Å². The number of unbranched alkanes of at least 4 members (excludes halogenated alkanes) is 15. The third-order valence-electron chi connectivity index (χ3n) is 7.33. The highest BCUT2D eigenvalue weighted by Crippen LogP contribution is 2.18. The Morgan fingerprint density at radius 1 is 0.848 bits per heavy atom. The van der Waals surface area contributed by atoms with Gasteiger partial charge in [-0.3, -0.25) is 9.28 Å².